The van der Waals surface area contributed by atoms with Gasteiger partial charge in [-0.1, -0.05) is 6.07 Å². The molecule has 0 saturated heterocycles. The molecule has 0 radical (unpaired) electrons. The van der Waals surface area contributed by atoms with Crippen LogP contribution in [0.2, 0.25) is 0 Å². The Morgan fingerprint density at radius 1 is 1.10 bits per heavy atom. The standard InChI is InChI=1S/C16H15BrO4/c1-19-15-8-3-11(9-14(15)17)10-21-13-6-4-12(5-7-13)16(18)20-2/h3-9H,10H2,1-2H3. The molecule has 0 saturated carbocycles. The first-order valence-electron chi connectivity index (χ1n) is 6.27. The minimum atomic E-state index is -0.361. The molecule has 0 fully saturated rings. The molecule has 0 aliphatic rings. The zero-order valence-corrected chi connectivity index (χ0v) is 13.3. The molecule has 0 bridgehead atoms. The molecule has 2 aromatic rings. The first-order chi connectivity index (χ1) is 10.1. The lowest BCUT2D eigenvalue weighted by atomic mass is 10.2. The van der Waals surface area contributed by atoms with Crippen molar-refractivity contribution >= 4 is 21.9 Å². The predicted molar refractivity (Wildman–Crippen MR) is 82.8 cm³/mol. The largest absolute Gasteiger partial charge is 0.496 e. The van der Waals surface area contributed by atoms with Gasteiger partial charge in [-0.3, -0.25) is 0 Å². The highest BCUT2D eigenvalue weighted by atomic mass is 79.9. The number of methoxy groups -OCH3 is 2. The third kappa shape index (κ3) is 3.98. The molecule has 21 heavy (non-hydrogen) atoms. The normalized spacial score (nSPS) is 10.0. The Labute approximate surface area is 131 Å². The Morgan fingerprint density at radius 3 is 2.38 bits per heavy atom. The maximum Gasteiger partial charge on any atom is 0.337 e. The van der Waals surface area contributed by atoms with Crippen LogP contribution in [-0.4, -0.2) is 20.2 Å². The number of ether oxygens (including phenoxy) is 3. The Balaban J connectivity index is 1.99. The van der Waals surface area contributed by atoms with E-state index in [1.807, 2.05) is 18.2 Å². The SMILES string of the molecule is COC(=O)c1ccc(OCc2ccc(OC)c(Br)c2)cc1. The minimum absolute atomic E-state index is 0.361. The maximum absolute atomic E-state index is 11.3. The second-order valence-corrected chi connectivity index (χ2v) is 5.13. The molecule has 2 rings (SSSR count). The summed E-state index contributed by atoms with van der Waals surface area (Å²) in [5.41, 5.74) is 1.51. The quantitative estimate of drug-likeness (QED) is 0.769. The van der Waals surface area contributed by atoms with Gasteiger partial charge in [0.1, 0.15) is 18.1 Å². The summed E-state index contributed by atoms with van der Waals surface area (Å²) in [6.45, 7) is 0.431. The van der Waals surface area contributed by atoms with E-state index in [9.17, 15) is 4.79 Å². The predicted octanol–water partition coefficient (Wildman–Crippen LogP) is 3.82. The fourth-order valence-corrected chi connectivity index (χ4v) is 2.36. The molecule has 0 N–H and O–H groups in total. The number of carbonyl (C=O) groups excluding carboxylic acids is 1. The summed E-state index contributed by atoms with van der Waals surface area (Å²) in [6, 6.07) is 12.6. The summed E-state index contributed by atoms with van der Waals surface area (Å²) >= 11 is 3.43. The third-order valence-corrected chi connectivity index (χ3v) is 3.52. The van der Waals surface area contributed by atoms with Gasteiger partial charge in [0, 0.05) is 0 Å². The van der Waals surface area contributed by atoms with Gasteiger partial charge >= 0.3 is 5.97 Å². The summed E-state index contributed by atoms with van der Waals surface area (Å²) in [4.78, 5) is 11.3. The molecule has 110 valence electrons. The molecular weight excluding hydrogens is 336 g/mol. The van der Waals surface area contributed by atoms with Crippen LogP contribution in [0.3, 0.4) is 0 Å². The van der Waals surface area contributed by atoms with Crippen molar-refractivity contribution in [3.63, 3.8) is 0 Å². The molecule has 0 aromatic heterocycles. The molecule has 0 aliphatic carbocycles. The zero-order valence-electron chi connectivity index (χ0n) is 11.8. The van der Waals surface area contributed by atoms with Gasteiger partial charge in [-0.05, 0) is 57.9 Å². The second kappa shape index (κ2) is 7.13. The summed E-state index contributed by atoms with van der Waals surface area (Å²) in [5.74, 6) is 1.11. The minimum Gasteiger partial charge on any atom is -0.496 e. The van der Waals surface area contributed by atoms with Crippen LogP contribution in [-0.2, 0) is 11.3 Å². The van der Waals surface area contributed by atoms with Crippen LogP contribution in [0.25, 0.3) is 0 Å². The van der Waals surface area contributed by atoms with Crippen molar-refractivity contribution in [2.75, 3.05) is 14.2 Å². The second-order valence-electron chi connectivity index (χ2n) is 4.27. The fourth-order valence-electron chi connectivity index (χ4n) is 1.77. The Morgan fingerprint density at radius 2 is 1.81 bits per heavy atom. The van der Waals surface area contributed by atoms with E-state index in [1.165, 1.54) is 7.11 Å². The van der Waals surface area contributed by atoms with Crippen molar-refractivity contribution in [3.8, 4) is 11.5 Å². The van der Waals surface area contributed by atoms with Crippen LogP contribution >= 0.6 is 15.9 Å². The number of benzene rings is 2. The van der Waals surface area contributed by atoms with Crippen molar-refractivity contribution in [2.45, 2.75) is 6.61 Å². The summed E-state index contributed by atoms with van der Waals surface area (Å²) in [6.07, 6.45) is 0. The molecule has 0 amide bonds. The Hall–Kier alpha value is -2.01. The van der Waals surface area contributed by atoms with Crippen molar-refractivity contribution in [1.82, 2.24) is 0 Å². The van der Waals surface area contributed by atoms with E-state index in [0.29, 0.717) is 17.9 Å². The van der Waals surface area contributed by atoms with Gasteiger partial charge in [0.15, 0.2) is 0 Å². The zero-order chi connectivity index (χ0) is 15.2. The van der Waals surface area contributed by atoms with Gasteiger partial charge in [0.2, 0.25) is 0 Å². The van der Waals surface area contributed by atoms with Crippen LogP contribution in [0, 0.1) is 0 Å². The Bertz CT molecular complexity index is 623. The van der Waals surface area contributed by atoms with Crippen LogP contribution in [0.5, 0.6) is 11.5 Å². The van der Waals surface area contributed by atoms with Crippen molar-refractivity contribution in [1.29, 1.82) is 0 Å². The van der Waals surface area contributed by atoms with E-state index >= 15 is 0 Å². The number of carbonyl (C=O) groups is 1. The summed E-state index contributed by atoms with van der Waals surface area (Å²) < 4.78 is 16.4. The van der Waals surface area contributed by atoms with Crippen LogP contribution in [0.4, 0.5) is 0 Å². The number of hydrogen-bond donors (Lipinski definition) is 0. The summed E-state index contributed by atoms with van der Waals surface area (Å²) in [5, 5.41) is 0. The van der Waals surface area contributed by atoms with Gasteiger partial charge in [0.25, 0.3) is 0 Å². The van der Waals surface area contributed by atoms with Gasteiger partial charge in [-0.15, -0.1) is 0 Å². The number of halogens is 1. The lowest BCUT2D eigenvalue weighted by Crippen LogP contribution is -2.01. The number of rotatable bonds is 5. The smallest absolute Gasteiger partial charge is 0.337 e. The molecule has 5 heteroatoms. The first-order valence-corrected chi connectivity index (χ1v) is 7.07. The van der Waals surface area contributed by atoms with Crippen molar-refractivity contribution < 1.29 is 19.0 Å². The highest BCUT2D eigenvalue weighted by Crippen LogP contribution is 2.26. The highest BCUT2D eigenvalue weighted by Gasteiger charge is 2.05. The third-order valence-electron chi connectivity index (χ3n) is 2.90. The highest BCUT2D eigenvalue weighted by molar-refractivity contribution is 9.10. The van der Waals surface area contributed by atoms with Crippen molar-refractivity contribution in [3.05, 3.63) is 58.1 Å². The molecule has 0 aliphatic heterocycles. The number of hydrogen-bond acceptors (Lipinski definition) is 4. The molecule has 2 aromatic carbocycles. The average molecular weight is 351 g/mol. The monoisotopic (exact) mass is 350 g/mol. The molecule has 0 unspecified atom stereocenters. The molecular formula is C16H15BrO4. The lowest BCUT2D eigenvalue weighted by Gasteiger charge is -2.09. The van der Waals surface area contributed by atoms with E-state index in [0.717, 1.165) is 15.8 Å². The van der Waals surface area contributed by atoms with E-state index in [-0.39, 0.29) is 5.97 Å². The maximum atomic E-state index is 11.3. The van der Waals surface area contributed by atoms with Gasteiger partial charge in [-0.2, -0.15) is 0 Å². The van der Waals surface area contributed by atoms with E-state index in [4.69, 9.17) is 9.47 Å². The van der Waals surface area contributed by atoms with Crippen molar-refractivity contribution in [2.24, 2.45) is 0 Å². The summed E-state index contributed by atoms with van der Waals surface area (Å²) in [7, 11) is 2.98. The van der Waals surface area contributed by atoms with E-state index in [1.54, 1.807) is 31.4 Å². The van der Waals surface area contributed by atoms with Crippen LogP contribution < -0.4 is 9.47 Å². The average Bonchev–Trinajstić information content (AvgIpc) is 2.52. The fraction of sp³-hybridized carbons (Fsp3) is 0.188. The molecule has 4 nitrogen and oxygen atoms in total. The van der Waals surface area contributed by atoms with E-state index in [2.05, 4.69) is 20.7 Å². The van der Waals surface area contributed by atoms with Gasteiger partial charge < -0.3 is 14.2 Å². The van der Waals surface area contributed by atoms with Crippen LogP contribution in [0.15, 0.2) is 46.9 Å². The first kappa shape index (κ1) is 15.4. The van der Waals surface area contributed by atoms with Gasteiger partial charge in [-0.25, -0.2) is 4.79 Å². The van der Waals surface area contributed by atoms with Gasteiger partial charge in [0.05, 0.1) is 24.3 Å². The lowest BCUT2D eigenvalue weighted by molar-refractivity contribution is 0.0600. The number of esters is 1. The molecule has 0 atom stereocenters. The van der Waals surface area contributed by atoms with Crippen LogP contribution in [0.1, 0.15) is 15.9 Å². The topological polar surface area (TPSA) is 44.8 Å². The van der Waals surface area contributed by atoms with E-state index < -0.39 is 0 Å². The Kier molecular flexibility index (Phi) is 5.22. The molecule has 0 heterocycles. The molecule has 0 spiro atoms.